The summed E-state index contributed by atoms with van der Waals surface area (Å²) in [4.78, 5) is 29.9. The lowest BCUT2D eigenvalue weighted by Crippen LogP contribution is -2.53. The van der Waals surface area contributed by atoms with Gasteiger partial charge in [-0.3, -0.25) is 9.69 Å². The fourth-order valence-corrected chi connectivity index (χ4v) is 5.33. The van der Waals surface area contributed by atoms with Crippen LogP contribution in [0.25, 0.3) is 0 Å². The maximum absolute atomic E-state index is 13.1. The van der Waals surface area contributed by atoms with Crippen LogP contribution in [0.5, 0.6) is 0 Å². The highest BCUT2D eigenvalue weighted by Crippen LogP contribution is 2.36. The fraction of sp³-hybridized carbons (Fsp3) is 0.375. The Kier molecular flexibility index (Phi) is 9.19. The first-order valence-corrected chi connectivity index (χ1v) is 13.4. The Morgan fingerprint density at radius 3 is 2.13 bits per heavy atom. The summed E-state index contributed by atoms with van der Waals surface area (Å²) in [6.45, 7) is 2.24. The van der Waals surface area contributed by atoms with E-state index >= 15 is 0 Å². The SMILES string of the molecule is Cc1ccccc1CC1(N(C)C)CCC(NC(=O)CN(C(=O)OCc2ccccc2)c2ccccc2)CC1. The zero-order valence-corrected chi connectivity index (χ0v) is 22.7. The van der Waals surface area contributed by atoms with E-state index in [1.807, 2.05) is 60.7 Å². The average molecular weight is 514 g/mol. The monoisotopic (exact) mass is 513 g/mol. The summed E-state index contributed by atoms with van der Waals surface area (Å²) in [5.41, 5.74) is 4.32. The van der Waals surface area contributed by atoms with E-state index in [0.717, 1.165) is 37.7 Å². The van der Waals surface area contributed by atoms with Gasteiger partial charge in [0.1, 0.15) is 13.2 Å². The zero-order chi connectivity index (χ0) is 27.0. The highest BCUT2D eigenvalue weighted by atomic mass is 16.6. The standard InChI is InChI=1S/C32H39N3O3/c1-25-12-10-11-15-27(25)22-32(34(2)3)20-18-28(19-21-32)33-30(36)23-35(29-16-8-5-9-17-29)31(37)38-24-26-13-6-4-7-14-26/h4-17,28H,18-24H2,1-3H3,(H,33,36). The fourth-order valence-electron chi connectivity index (χ4n) is 5.33. The van der Waals surface area contributed by atoms with Crippen LogP contribution in [0.4, 0.5) is 10.5 Å². The Balaban J connectivity index is 1.36. The van der Waals surface area contributed by atoms with Gasteiger partial charge in [-0.15, -0.1) is 0 Å². The molecule has 0 spiro atoms. The molecule has 1 fully saturated rings. The van der Waals surface area contributed by atoms with Crippen LogP contribution >= 0.6 is 0 Å². The van der Waals surface area contributed by atoms with Gasteiger partial charge in [0, 0.05) is 17.3 Å². The molecule has 0 aromatic heterocycles. The summed E-state index contributed by atoms with van der Waals surface area (Å²) >= 11 is 0. The number of hydrogen-bond acceptors (Lipinski definition) is 4. The number of likely N-dealkylation sites (N-methyl/N-ethyl adjacent to an activating group) is 1. The van der Waals surface area contributed by atoms with E-state index in [1.165, 1.54) is 16.0 Å². The van der Waals surface area contributed by atoms with Crippen LogP contribution < -0.4 is 10.2 Å². The van der Waals surface area contributed by atoms with Crippen molar-refractivity contribution in [1.29, 1.82) is 0 Å². The molecular weight excluding hydrogens is 474 g/mol. The van der Waals surface area contributed by atoms with Gasteiger partial charge in [0.05, 0.1) is 0 Å². The largest absolute Gasteiger partial charge is 0.444 e. The minimum Gasteiger partial charge on any atom is -0.444 e. The van der Waals surface area contributed by atoms with Crippen LogP contribution in [0.3, 0.4) is 0 Å². The summed E-state index contributed by atoms with van der Waals surface area (Å²) in [7, 11) is 4.33. The summed E-state index contributed by atoms with van der Waals surface area (Å²) in [6, 6.07) is 27.4. The van der Waals surface area contributed by atoms with Crippen molar-refractivity contribution in [3.63, 3.8) is 0 Å². The van der Waals surface area contributed by atoms with Crippen molar-refractivity contribution in [2.75, 3.05) is 25.5 Å². The molecule has 0 atom stereocenters. The molecule has 6 heteroatoms. The van der Waals surface area contributed by atoms with Crippen LogP contribution in [0, 0.1) is 6.92 Å². The Morgan fingerprint density at radius 2 is 1.50 bits per heavy atom. The number of carbonyl (C=O) groups excluding carboxylic acids is 2. The van der Waals surface area contributed by atoms with E-state index in [2.05, 4.69) is 55.5 Å². The van der Waals surface area contributed by atoms with Gasteiger partial charge in [-0.25, -0.2) is 4.79 Å². The van der Waals surface area contributed by atoms with E-state index in [-0.39, 0.29) is 30.6 Å². The van der Waals surface area contributed by atoms with Gasteiger partial charge >= 0.3 is 6.09 Å². The molecule has 1 aliphatic carbocycles. The number of hydrogen-bond donors (Lipinski definition) is 1. The van der Waals surface area contributed by atoms with Crippen LogP contribution in [0.2, 0.25) is 0 Å². The first-order chi connectivity index (χ1) is 18.4. The molecule has 6 nitrogen and oxygen atoms in total. The topological polar surface area (TPSA) is 61.9 Å². The lowest BCUT2D eigenvalue weighted by Gasteiger charge is -2.45. The molecule has 3 aromatic carbocycles. The first kappa shape index (κ1) is 27.4. The first-order valence-electron chi connectivity index (χ1n) is 13.4. The Bertz CT molecular complexity index is 1190. The van der Waals surface area contributed by atoms with E-state index in [4.69, 9.17) is 4.74 Å². The minimum absolute atomic E-state index is 0.0741. The molecule has 1 saturated carbocycles. The number of anilines is 1. The molecule has 1 N–H and O–H groups in total. The van der Waals surface area contributed by atoms with Gasteiger partial charge < -0.3 is 15.0 Å². The Hall–Kier alpha value is -3.64. The molecule has 0 bridgehead atoms. The third-order valence-electron chi connectivity index (χ3n) is 7.81. The maximum Gasteiger partial charge on any atom is 0.415 e. The maximum atomic E-state index is 13.1. The number of nitrogens with zero attached hydrogens (tertiary/aromatic N) is 2. The third kappa shape index (κ3) is 7.01. The number of benzene rings is 3. The van der Waals surface area contributed by atoms with Crippen LogP contribution in [0.1, 0.15) is 42.4 Å². The van der Waals surface area contributed by atoms with E-state index in [9.17, 15) is 9.59 Å². The highest BCUT2D eigenvalue weighted by Gasteiger charge is 2.38. The molecule has 0 saturated heterocycles. The summed E-state index contributed by atoms with van der Waals surface area (Å²) in [5, 5.41) is 3.19. The summed E-state index contributed by atoms with van der Waals surface area (Å²) in [6.07, 6.45) is 4.27. The molecule has 0 radical (unpaired) electrons. The number of carbonyl (C=O) groups is 2. The van der Waals surface area contributed by atoms with Crippen LogP contribution in [-0.4, -0.2) is 49.1 Å². The third-order valence-corrected chi connectivity index (χ3v) is 7.81. The molecule has 2 amide bonds. The number of para-hydroxylation sites is 1. The number of rotatable bonds is 9. The van der Waals surface area contributed by atoms with Gasteiger partial charge in [0.15, 0.2) is 0 Å². The molecule has 4 rings (SSSR count). The molecule has 0 aliphatic heterocycles. The minimum atomic E-state index is -0.538. The number of nitrogens with one attached hydrogen (secondary N) is 1. The lowest BCUT2D eigenvalue weighted by atomic mass is 9.74. The number of aryl methyl sites for hydroxylation is 1. The zero-order valence-electron chi connectivity index (χ0n) is 22.7. The van der Waals surface area contributed by atoms with Gasteiger partial charge in [0.25, 0.3) is 0 Å². The van der Waals surface area contributed by atoms with E-state index < -0.39 is 6.09 Å². The molecule has 0 unspecified atom stereocenters. The number of amides is 2. The highest BCUT2D eigenvalue weighted by molar-refractivity contribution is 5.95. The molecular formula is C32H39N3O3. The second-order valence-electron chi connectivity index (χ2n) is 10.5. The average Bonchev–Trinajstić information content (AvgIpc) is 2.94. The summed E-state index contributed by atoms with van der Waals surface area (Å²) in [5.74, 6) is -0.174. The predicted octanol–water partition coefficient (Wildman–Crippen LogP) is 5.74. The number of ether oxygens (including phenoxy) is 1. The van der Waals surface area contributed by atoms with Crippen molar-refractivity contribution in [2.45, 2.75) is 57.2 Å². The molecule has 1 aliphatic rings. The summed E-state index contributed by atoms with van der Waals surface area (Å²) < 4.78 is 5.56. The van der Waals surface area contributed by atoms with Gasteiger partial charge in [0.2, 0.25) is 5.91 Å². The van der Waals surface area contributed by atoms with Crippen molar-refractivity contribution in [2.24, 2.45) is 0 Å². The Labute approximate surface area is 226 Å². The predicted molar refractivity (Wildman–Crippen MR) is 152 cm³/mol. The smallest absolute Gasteiger partial charge is 0.415 e. The molecule has 200 valence electrons. The normalized spacial score (nSPS) is 19.1. The lowest BCUT2D eigenvalue weighted by molar-refractivity contribution is -0.120. The van der Waals surface area contributed by atoms with Crippen molar-refractivity contribution < 1.29 is 14.3 Å². The van der Waals surface area contributed by atoms with Gasteiger partial charge in [-0.2, -0.15) is 0 Å². The van der Waals surface area contributed by atoms with Crippen molar-refractivity contribution in [1.82, 2.24) is 10.2 Å². The second-order valence-corrected chi connectivity index (χ2v) is 10.5. The second kappa shape index (κ2) is 12.7. The van der Waals surface area contributed by atoms with E-state index in [1.54, 1.807) is 0 Å². The van der Waals surface area contributed by atoms with Gasteiger partial charge in [-0.1, -0.05) is 72.8 Å². The molecule has 3 aromatic rings. The van der Waals surface area contributed by atoms with Crippen LogP contribution in [0.15, 0.2) is 84.9 Å². The van der Waals surface area contributed by atoms with Crippen molar-refractivity contribution >= 4 is 17.7 Å². The Morgan fingerprint density at radius 1 is 0.895 bits per heavy atom. The van der Waals surface area contributed by atoms with E-state index in [0.29, 0.717) is 5.69 Å². The van der Waals surface area contributed by atoms with Crippen molar-refractivity contribution in [3.8, 4) is 0 Å². The van der Waals surface area contributed by atoms with Crippen molar-refractivity contribution in [3.05, 3.63) is 102 Å². The molecule has 0 heterocycles. The molecule has 38 heavy (non-hydrogen) atoms. The van der Waals surface area contributed by atoms with Crippen LogP contribution in [-0.2, 0) is 22.6 Å². The quantitative estimate of drug-likeness (QED) is 0.396. The van der Waals surface area contributed by atoms with Gasteiger partial charge in [-0.05, 0) is 81.9 Å².